The summed E-state index contributed by atoms with van der Waals surface area (Å²) in [7, 11) is 1.68. The number of nitrogens with zero attached hydrogens (tertiary/aromatic N) is 2. The molecule has 0 saturated carbocycles. The first-order chi connectivity index (χ1) is 14.1. The summed E-state index contributed by atoms with van der Waals surface area (Å²) in [5.74, 6) is 0.989. The molecule has 2 aromatic rings. The van der Waals surface area contributed by atoms with E-state index in [0.717, 1.165) is 44.8 Å². The molecule has 5 heteroatoms. The van der Waals surface area contributed by atoms with Crippen LogP contribution in [0.25, 0.3) is 0 Å². The van der Waals surface area contributed by atoms with Crippen molar-refractivity contribution in [2.45, 2.75) is 38.8 Å². The van der Waals surface area contributed by atoms with E-state index in [1.54, 1.807) is 7.11 Å². The van der Waals surface area contributed by atoms with Gasteiger partial charge < -0.3 is 15.0 Å². The number of benzene rings is 2. The highest BCUT2D eigenvalue weighted by Crippen LogP contribution is 2.22. The van der Waals surface area contributed by atoms with E-state index in [-0.39, 0.29) is 18.0 Å². The molecule has 0 aliphatic carbocycles. The number of piperazine rings is 1. The number of rotatable bonds is 8. The molecule has 1 amide bonds. The van der Waals surface area contributed by atoms with Gasteiger partial charge in [0.2, 0.25) is 5.91 Å². The summed E-state index contributed by atoms with van der Waals surface area (Å²) < 4.78 is 5.24. The summed E-state index contributed by atoms with van der Waals surface area (Å²) in [6.07, 6.45) is 1.99. The van der Waals surface area contributed by atoms with Gasteiger partial charge in [-0.25, -0.2) is 0 Å². The van der Waals surface area contributed by atoms with Gasteiger partial charge >= 0.3 is 0 Å². The molecule has 0 radical (unpaired) electrons. The maximum Gasteiger partial charge on any atom is 0.237 e. The van der Waals surface area contributed by atoms with Gasteiger partial charge in [-0.05, 0) is 43.2 Å². The lowest BCUT2D eigenvalue weighted by molar-refractivity contribution is -0.126. The van der Waals surface area contributed by atoms with Crippen molar-refractivity contribution in [1.82, 2.24) is 10.2 Å². The first-order valence-electron chi connectivity index (χ1n) is 10.6. The monoisotopic (exact) mass is 395 g/mol. The van der Waals surface area contributed by atoms with Crippen LogP contribution in [0, 0.1) is 0 Å². The van der Waals surface area contributed by atoms with Crippen molar-refractivity contribution < 1.29 is 9.53 Å². The van der Waals surface area contributed by atoms with Gasteiger partial charge in [-0.2, -0.15) is 0 Å². The fraction of sp³-hybridized carbons (Fsp3) is 0.458. The number of nitrogens with one attached hydrogen (secondary N) is 1. The van der Waals surface area contributed by atoms with Crippen LogP contribution >= 0.6 is 0 Å². The SMILES string of the molecule is CCC[C@@H](NC(=O)[C@H](C)N1CCN(c2ccc(OC)cc2)CC1)c1ccccc1. The minimum absolute atomic E-state index is 0.0803. The minimum Gasteiger partial charge on any atom is -0.497 e. The van der Waals surface area contributed by atoms with Crippen LogP contribution < -0.4 is 15.0 Å². The van der Waals surface area contributed by atoms with Crippen molar-refractivity contribution in [3.8, 4) is 5.75 Å². The number of ether oxygens (including phenoxy) is 1. The molecule has 1 aliphatic heterocycles. The Kier molecular flexibility index (Phi) is 7.53. The van der Waals surface area contributed by atoms with Gasteiger partial charge in [0, 0.05) is 31.9 Å². The van der Waals surface area contributed by atoms with E-state index in [1.165, 1.54) is 11.3 Å². The normalized spacial score (nSPS) is 16.9. The number of anilines is 1. The van der Waals surface area contributed by atoms with Gasteiger partial charge in [-0.15, -0.1) is 0 Å². The van der Waals surface area contributed by atoms with Crippen LogP contribution in [0.1, 0.15) is 38.3 Å². The number of hydrogen-bond acceptors (Lipinski definition) is 4. The Bertz CT molecular complexity index is 755. The van der Waals surface area contributed by atoms with Crippen LogP contribution in [-0.2, 0) is 4.79 Å². The first kappa shape index (κ1) is 21.2. The van der Waals surface area contributed by atoms with E-state index >= 15 is 0 Å². The quantitative estimate of drug-likeness (QED) is 0.737. The molecule has 1 fully saturated rings. The molecule has 2 atom stereocenters. The molecule has 0 bridgehead atoms. The highest BCUT2D eigenvalue weighted by atomic mass is 16.5. The third-order valence-corrected chi connectivity index (χ3v) is 5.77. The van der Waals surface area contributed by atoms with Gasteiger partial charge in [0.05, 0.1) is 19.2 Å². The maximum atomic E-state index is 12.9. The van der Waals surface area contributed by atoms with Crippen LogP contribution in [0.4, 0.5) is 5.69 Å². The van der Waals surface area contributed by atoms with Crippen LogP contribution in [0.15, 0.2) is 54.6 Å². The number of amides is 1. The van der Waals surface area contributed by atoms with Crippen molar-refractivity contribution in [3.05, 3.63) is 60.2 Å². The second-order valence-electron chi connectivity index (χ2n) is 7.66. The molecule has 2 aromatic carbocycles. The standard InChI is InChI=1S/C24H33N3O2/c1-4-8-23(20-9-6-5-7-10-20)25-24(28)19(2)26-15-17-27(18-16-26)21-11-13-22(29-3)14-12-21/h5-7,9-14,19,23H,4,8,15-18H2,1-3H3,(H,25,28)/t19-,23+/m0/s1. The van der Waals surface area contributed by atoms with Gasteiger partial charge in [-0.1, -0.05) is 43.7 Å². The molecule has 0 spiro atoms. The third kappa shape index (κ3) is 5.51. The molecule has 3 rings (SSSR count). The zero-order valence-corrected chi connectivity index (χ0v) is 17.8. The van der Waals surface area contributed by atoms with E-state index in [0.29, 0.717) is 0 Å². The molecular formula is C24H33N3O2. The lowest BCUT2D eigenvalue weighted by Gasteiger charge is -2.39. The topological polar surface area (TPSA) is 44.8 Å². The summed E-state index contributed by atoms with van der Waals surface area (Å²) in [6, 6.07) is 18.4. The predicted molar refractivity (Wildman–Crippen MR) is 118 cm³/mol. The van der Waals surface area contributed by atoms with Gasteiger partial charge in [-0.3, -0.25) is 9.69 Å². The average Bonchev–Trinajstić information content (AvgIpc) is 2.79. The fourth-order valence-electron chi connectivity index (χ4n) is 3.91. The first-order valence-corrected chi connectivity index (χ1v) is 10.6. The Balaban J connectivity index is 1.54. The predicted octanol–water partition coefficient (Wildman–Crippen LogP) is 3.86. The molecule has 0 unspecified atom stereocenters. The Morgan fingerprint density at radius 3 is 2.28 bits per heavy atom. The van der Waals surface area contributed by atoms with Crippen LogP contribution in [0.5, 0.6) is 5.75 Å². The van der Waals surface area contributed by atoms with Gasteiger partial charge in [0.25, 0.3) is 0 Å². The molecule has 1 saturated heterocycles. The highest BCUT2D eigenvalue weighted by Gasteiger charge is 2.27. The Hall–Kier alpha value is -2.53. The molecule has 0 aromatic heterocycles. The Morgan fingerprint density at radius 1 is 1.03 bits per heavy atom. The van der Waals surface area contributed by atoms with E-state index in [9.17, 15) is 4.79 Å². The van der Waals surface area contributed by atoms with Crippen molar-refractivity contribution in [3.63, 3.8) is 0 Å². The summed E-state index contributed by atoms with van der Waals surface area (Å²) in [6.45, 7) is 7.77. The van der Waals surface area contributed by atoms with Crippen LogP contribution in [-0.4, -0.2) is 50.1 Å². The summed E-state index contributed by atoms with van der Waals surface area (Å²) in [5.41, 5.74) is 2.38. The van der Waals surface area contributed by atoms with E-state index in [4.69, 9.17) is 4.74 Å². The zero-order valence-electron chi connectivity index (χ0n) is 17.8. The minimum atomic E-state index is -0.129. The van der Waals surface area contributed by atoms with E-state index in [1.807, 2.05) is 37.3 Å². The molecule has 156 valence electrons. The number of carbonyl (C=O) groups excluding carboxylic acids is 1. The van der Waals surface area contributed by atoms with E-state index < -0.39 is 0 Å². The maximum absolute atomic E-state index is 12.9. The van der Waals surface area contributed by atoms with Crippen molar-refractivity contribution in [2.24, 2.45) is 0 Å². The molecule has 29 heavy (non-hydrogen) atoms. The molecule has 1 N–H and O–H groups in total. The lowest BCUT2D eigenvalue weighted by atomic mass is 10.0. The number of hydrogen-bond donors (Lipinski definition) is 1. The fourth-order valence-corrected chi connectivity index (χ4v) is 3.91. The third-order valence-electron chi connectivity index (χ3n) is 5.77. The van der Waals surface area contributed by atoms with Gasteiger partial charge in [0.1, 0.15) is 5.75 Å². The second kappa shape index (κ2) is 10.3. The van der Waals surface area contributed by atoms with Crippen molar-refractivity contribution in [1.29, 1.82) is 0 Å². The van der Waals surface area contributed by atoms with E-state index in [2.05, 4.69) is 46.3 Å². The van der Waals surface area contributed by atoms with Crippen LogP contribution in [0.3, 0.4) is 0 Å². The number of methoxy groups -OCH3 is 1. The average molecular weight is 396 g/mol. The van der Waals surface area contributed by atoms with Gasteiger partial charge in [0.15, 0.2) is 0 Å². The van der Waals surface area contributed by atoms with Crippen molar-refractivity contribution >= 4 is 11.6 Å². The van der Waals surface area contributed by atoms with Crippen LogP contribution in [0.2, 0.25) is 0 Å². The molecule has 1 aliphatic rings. The molecular weight excluding hydrogens is 362 g/mol. The Morgan fingerprint density at radius 2 is 1.69 bits per heavy atom. The number of carbonyl (C=O) groups is 1. The summed E-state index contributed by atoms with van der Waals surface area (Å²) in [5, 5.41) is 3.28. The summed E-state index contributed by atoms with van der Waals surface area (Å²) in [4.78, 5) is 17.6. The summed E-state index contributed by atoms with van der Waals surface area (Å²) >= 11 is 0. The largest absolute Gasteiger partial charge is 0.497 e. The Labute approximate surface area is 174 Å². The molecule has 1 heterocycles. The second-order valence-corrected chi connectivity index (χ2v) is 7.66. The lowest BCUT2D eigenvalue weighted by Crippen LogP contribution is -2.54. The van der Waals surface area contributed by atoms with Crippen molar-refractivity contribution in [2.75, 3.05) is 38.2 Å². The smallest absolute Gasteiger partial charge is 0.237 e. The highest BCUT2D eigenvalue weighted by molar-refractivity contribution is 5.81. The zero-order chi connectivity index (χ0) is 20.6. The molecule has 5 nitrogen and oxygen atoms in total.